The van der Waals surface area contributed by atoms with E-state index in [4.69, 9.17) is 21.7 Å². The number of amides is 1. The van der Waals surface area contributed by atoms with E-state index in [1.807, 2.05) is 18.2 Å². The average molecular weight is 466 g/mol. The summed E-state index contributed by atoms with van der Waals surface area (Å²) in [5.41, 5.74) is 1.76. The number of carbonyl (C=O) groups is 1. The fraction of sp³-hybridized carbons (Fsp3) is 0.400. The average Bonchev–Trinajstić information content (AvgIpc) is 3.27. The zero-order valence-electron chi connectivity index (χ0n) is 18.7. The molecular formula is C25H27N3O4S. The molecule has 0 unspecified atom stereocenters. The molecular weight excluding hydrogens is 438 g/mol. The van der Waals surface area contributed by atoms with E-state index in [1.54, 1.807) is 18.2 Å². The molecule has 2 aromatic carbocycles. The molecule has 1 aliphatic heterocycles. The van der Waals surface area contributed by atoms with E-state index in [0.717, 1.165) is 18.4 Å². The molecule has 33 heavy (non-hydrogen) atoms. The molecule has 1 amide bonds. The third kappa shape index (κ3) is 4.15. The lowest BCUT2D eigenvalue weighted by Gasteiger charge is -2.34. The highest BCUT2D eigenvalue weighted by Gasteiger charge is 2.28. The molecule has 1 fully saturated rings. The fourth-order valence-electron chi connectivity index (χ4n) is 4.80. The number of ether oxygens (including phenoxy) is 2. The fourth-order valence-corrected chi connectivity index (χ4v) is 5.06. The largest absolute Gasteiger partial charge is 0.454 e. The summed E-state index contributed by atoms with van der Waals surface area (Å²) in [7, 11) is 0. The second kappa shape index (κ2) is 8.67. The van der Waals surface area contributed by atoms with Gasteiger partial charge in [-0.05, 0) is 66.4 Å². The SMILES string of the molecule is C[C@H]1[C@H](C)CCC[C@@H]1NC(=O)c1ccc2c(=O)n(Cc3ccc4c(c3)OCO4)c(=S)[nH]c2c1. The van der Waals surface area contributed by atoms with E-state index < -0.39 is 0 Å². The van der Waals surface area contributed by atoms with Gasteiger partial charge in [0, 0.05) is 11.6 Å². The Morgan fingerprint density at radius 1 is 1.15 bits per heavy atom. The van der Waals surface area contributed by atoms with Gasteiger partial charge in [0.2, 0.25) is 6.79 Å². The first kappa shape index (κ1) is 21.7. The quantitative estimate of drug-likeness (QED) is 0.558. The van der Waals surface area contributed by atoms with Gasteiger partial charge in [-0.25, -0.2) is 0 Å². The first-order chi connectivity index (χ1) is 15.9. The van der Waals surface area contributed by atoms with Gasteiger partial charge in [-0.15, -0.1) is 0 Å². The third-order valence-electron chi connectivity index (χ3n) is 7.05. The standard InChI is InChI=1S/C25H27N3O4S/c1-14-4-3-5-19(15(14)2)26-23(29)17-7-8-18-20(11-17)27-25(33)28(24(18)30)12-16-6-9-21-22(10-16)32-13-31-21/h6-11,14-15,19H,3-5,12-13H2,1-2H3,(H,26,29)(H,27,33)/t14-,15+,19+/m1/s1. The van der Waals surface area contributed by atoms with Crippen LogP contribution in [0.4, 0.5) is 0 Å². The smallest absolute Gasteiger partial charge is 0.262 e. The lowest BCUT2D eigenvalue weighted by molar-refractivity contribution is 0.0891. The minimum Gasteiger partial charge on any atom is -0.454 e. The number of fused-ring (bicyclic) bond motifs is 2. The Hall–Kier alpha value is -3.13. The van der Waals surface area contributed by atoms with E-state index >= 15 is 0 Å². The summed E-state index contributed by atoms with van der Waals surface area (Å²) in [6.45, 7) is 4.95. The summed E-state index contributed by atoms with van der Waals surface area (Å²) < 4.78 is 12.6. The highest BCUT2D eigenvalue weighted by Crippen LogP contribution is 2.33. The topological polar surface area (TPSA) is 85.3 Å². The molecule has 7 nitrogen and oxygen atoms in total. The molecule has 0 spiro atoms. The highest BCUT2D eigenvalue weighted by atomic mass is 32.1. The van der Waals surface area contributed by atoms with Crippen LogP contribution in [-0.4, -0.2) is 28.3 Å². The number of aromatic nitrogens is 2. The maximum Gasteiger partial charge on any atom is 0.262 e. The maximum atomic E-state index is 13.2. The minimum atomic E-state index is -0.201. The Morgan fingerprint density at radius 3 is 2.82 bits per heavy atom. The van der Waals surface area contributed by atoms with E-state index in [1.165, 1.54) is 11.0 Å². The summed E-state index contributed by atoms with van der Waals surface area (Å²) in [6, 6.07) is 10.9. The van der Waals surface area contributed by atoms with Crippen molar-refractivity contribution in [3.8, 4) is 11.5 Å². The summed E-state index contributed by atoms with van der Waals surface area (Å²) >= 11 is 5.48. The van der Waals surface area contributed by atoms with Crippen LogP contribution in [0.1, 0.15) is 49.0 Å². The normalized spacial score (nSPS) is 21.8. The first-order valence-electron chi connectivity index (χ1n) is 11.4. The lowest BCUT2D eigenvalue weighted by atomic mass is 9.78. The molecule has 1 saturated carbocycles. The minimum absolute atomic E-state index is 0.119. The number of hydrogen-bond donors (Lipinski definition) is 2. The molecule has 1 aliphatic carbocycles. The Kier molecular flexibility index (Phi) is 5.70. The number of rotatable bonds is 4. The van der Waals surface area contributed by atoms with Crippen LogP contribution in [0.3, 0.4) is 0 Å². The van der Waals surface area contributed by atoms with Gasteiger partial charge in [0.25, 0.3) is 11.5 Å². The van der Waals surface area contributed by atoms with Gasteiger partial charge in [-0.2, -0.15) is 0 Å². The van der Waals surface area contributed by atoms with Gasteiger partial charge in [0.15, 0.2) is 16.3 Å². The molecule has 0 radical (unpaired) electrons. The van der Waals surface area contributed by atoms with Crippen LogP contribution in [-0.2, 0) is 6.54 Å². The van der Waals surface area contributed by atoms with Crippen molar-refractivity contribution in [2.24, 2.45) is 11.8 Å². The monoisotopic (exact) mass is 465 g/mol. The number of carbonyl (C=O) groups excluding carboxylic acids is 1. The summed E-state index contributed by atoms with van der Waals surface area (Å²) in [6.07, 6.45) is 3.33. The van der Waals surface area contributed by atoms with Crippen LogP contribution in [0, 0.1) is 16.6 Å². The van der Waals surface area contributed by atoms with Crippen LogP contribution in [0.15, 0.2) is 41.2 Å². The molecule has 2 aliphatic rings. The Bertz CT molecular complexity index is 1350. The molecule has 8 heteroatoms. The molecule has 3 aromatic rings. The number of aromatic amines is 1. The number of H-pyrrole nitrogens is 1. The molecule has 172 valence electrons. The van der Waals surface area contributed by atoms with Gasteiger partial charge in [0.05, 0.1) is 17.4 Å². The predicted octanol–water partition coefficient (Wildman–Crippen LogP) is 4.39. The highest BCUT2D eigenvalue weighted by molar-refractivity contribution is 7.71. The third-order valence-corrected chi connectivity index (χ3v) is 7.37. The van der Waals surface area contributed by atoms with Crippen molar-refractivity contribution in [1.29, 1.82) is 0 Å². The van der Waals surface area contributed by atoms with Gasteiger partial charge in [-0.1, -0.05) is 32.8 Å². The first-order valence-corrected chi connectivity index (χ1v) is 11.8. The van der Waals surface area contributed by atoms with Crippen molar-refractivity contribution >= 4 is 29.0 Å². The van der Waals surface area contributed by atoms with Gasteiger partial charge in [0.1, 0.15) is 0 Å². The van der Waals surface area contributed by atoms with E-state index in [0.29, 0.717) is 51.1 Å². The van der Waals surface area contributed by atoms with Crippen LogP contribution in [0.5, 0.6) is 11.5 Å². The van der Waals surface area contributed by atoms with Crippen molar-refractivity contribution in [1.82, 2.24) is 14.9 Å². The van der Waals surface area contributed by atoms with Crippen molar-refractivity contribution in [2.45, 2.75) is 45.7 Å². The number of nitrogens with zero attached hydrogens (tertiary/aromatic N) is 1. The van der Waals surface area contributed by atoms with E-state index in [2.05, 4.69) is 24.1 Å². The number of benzene rings is 2. The van der Waals surface area contributed by atoms with Crippen molar-refractivity contribution in [3.63, 3.8) is 0 Å². The zero-order valence-corrected chi connectivity index (χ0v) is 19.5. The van der Waals surface area contributed by atoms with Crippen molar-refractivity contribution < 1.29 is 14.3 Å². The lowest BCUT2D eigenvalue weighted by Crippen LogP contribution is -2.43. The molecule has 1 aromatic heterocycles. The molecule has 3 atom stereocenters. The van der Waals surface area contributed by atoms with Gasteiger partial charge >= 0.3 is 0 Å². The van der Waals surface area contributed by atoms with Crippen LogP contribution < -0.4 is 20.3 Å². The maximum absolute atomic E-state index is 13.2. The molecule has 0 bridgehead atoms. The summed E-state index contributed by atoms with van der Waals surface area (Å²) in [5.74, 6) is 2.27. The predicted molar refractivity (Wildman–Crippen MR) is 128 cm³/mol. The van der Waals surface area contributed by atoms with Crippen molar-refractivity contribution in [2.75, 3.05) is 6.79 Å². The second-order valence-corrected chi connectivity index (χ2v) is 9.50. The summed E-state index contributed by atoms with van der Waals surface area (Å²) in [5, 5.41) is 3.68. The van der Waals surface area contributed by atoms with Crippen LogP contribution >= 0.6 is 12.2 Å². The Morgan fingerprint density at radius 2 is 1.97 bits per heavy atom. The Balaban J connectivity index is 1.41. The van der Waals surface area contributed by atoms with E-state index in [-0.39, 0.29) is 24.3 Å². The summed E-state index contributed by atoms with van der Waals surface area (Å²) in [4.78, 5) is 29.2. The molecule has 2 heterocycles. The van der Waals surface area contributed by atoms with Crippen molar-refractivity contribution in [3.05, 3.63) is 62.6 Å². The zero-order chi connectivity index (χ0) is 23.1. The van der Waals surface area contributed by atoms with Crippen LogP contribution in [0.2, 0.25) is 0 Å². The van der Waals surface area contributed by atoms with Gasteiger partial charge in [-0.3, -0.25) is 14.2 Å². The second-order valence-electron chi connectivity index (χ2n) is 9.12. The molecule has 2 N–H and O–H groups in total. The van der Waals surface area contributed by atoms with Crippen LogP contribution in [0.25, 0.3) is 10.9 Å². The van der Waals surface area contributed by atoms with E-state index in [9.17, 15) is 9.59 Å². The number of hydrogen-bond acceptors (Lipinski definition) is 5. The number of nitrogens with one attached hydrogen (secondary N) is 2. The Labute approximate surface area is 196 Å². The van der Waals surface area contributed by atoms with Gasteiger partial charge < -0.3 is 19.8 Å². The molecule has 5 rings (SSSR count). The molecule has 0 saturated heterocycles.